The van der Waals surface area contributed by atoms with Crippen LogP contribution in [0.4, 0.5) is 5.69 Å². The van der Waals surface area contributed by atoms with Crippen molar-refractivity contribution in [2.75, 3.05) is 6.54 Å². The van der Waals surface area contributed by atoms with Gasteiger partial charge in [0.05, 0.1) is 22.2 Å². The number of aromatic nitrogens is 4. The van der Waals surface area contributed by atoms with Gasteiger partial charge in [-0.05, 0) is 36.9 Å². The summed E-state index contributed by atoms with van der Waals surface area (Å²) in [6.07, 6.45) is 0. The van der Waals surface area contributed by atoms with Crippen LogP contribution in [0.3, 0.4) is 0 Å². The van der Waals surface area contributed by atoms with Crippen molar-refractivity contribution in [3.8, 4) is 5.69 Å². The predicted octanol–water partition coefficient (Wildman–Crippen LogP) is 1.55. The molecule has 2 aromatic rings. The van der Waals surface area contributed by atoms with Crippen LogP contribution in [0.25, 0.3) is 5.69 Å². The molecule has 2 rings (SSSR count). The van der Waals surface area contributed by atoms with Gasteiger partial charge in [-0.25, -0.2) is 0 Å². The number of rotatable bonds is 5. The van der Waals surface area contributed by atoms with Crippen molar-refractivity contribution in [2.24, 2.45) is 0 Å². The van der Waals surface area contributed by atoms with Crippen LogP contribution >= 0.6 is 0 Å². The zero-order valence-electron chi connectivity index (χ0n) is 11.6. The highest BCUT2D eigenvalue weighted by molar-refractivity contribution is 5.52. The molecule has 1 heterocycles. The molecule has 8 heteroatoms. The van der Waals surface area contributed by atoms with Crippen molar-refractivity contribution in [3.63, 3.8) is 0 Å². The third-order valence-corrected chi connectivity index (χ3v) is 3.09. The molecule has 8 nitrogen and oxygen atoms in total. The number of nitro groups is 1. The van der Waals surface area contributed by atoms with Crippen LogP contribution in [-0.2, 0) is 0 Å². The summed E-state index contributed by atoms with van der Waals surface area (Å²) >= 11 is 0. The average Bonchev–Trinajstić information content (AvgIpc) is 2.88. The zero-order valence-corrected chi connectivity index (χ0v) is 11.6. The Morgan fingerprint density at radius 3 is 2.90 bits per heavy atom. The quantitative estimate of drug-likeness (QED) is 0.657. The van der Waals surface area contributed by atoms with Crippen molar-refractivity contribution in [1.82, 2.24) is 25.5 Å². The fourth-order valence-electron chi connectivity index (χ4n) is 2.07. The summed E-state index contributed by atoms with van der Waals surface area (Å²) in [4.78, 5) is 10.6. The lowest BCUT2D eigenvalue weighted by Crippen LogP contribution is -2.22. The van der Waals surface area contributed by atoms with E-state index in [2.05, 4.69) is 20.8 Å². The number of tetrazole rings is 1. The van der Waals surface area contributed by atoms with Crippen LogP contribution < -0.4 is 5.32 Å². The molecule has 0 bridgehead atoms. The number of hydrogen-bond acceptors (Lipinski definition) is 6. The Labute approximate surface area is 115 Å². The SMILES string of the molecule is CCNC(C)c1nnnn1-c1cccc([N+](=O)[O-])c1C. The molecule has 0 amide bonds. The highest BCUT2D eigenvalue weighted by atomic mass is 16.6. The molecule has 1 N–H and O–H groups in total. The number of hydrogen-bond donors (Lipinski definition) is 1. The second kappa shape index (κ2) is 5.74. The summed E-state index contributed by atoms with van der Waals surface area (Å²) < 4.78 is 1.54. The lowest BCUT2D eigenvalue weighted by molar-refractivity contribution is -0.385. The molecule has 1 aromatic heterocycles. The highest BCUT2D eigenvalue weighted by Crippen LogP contribution is 2.25. The van der Waals surface area contributed by atoms with Gasteiger partial charge in [0.25, 0.3) is 5.69 Å². The van der Waals surface area contributed by atoms with E-state index in [1.54, 1.807) is 19.1 Å². The van der Waals surface area contributed by atoms with Crippen LogP contribution in [0.1, 0.15) is 31.3 Å². The van der Waals surface area contributed by atoms with Gasteiger partial charge in [0.15, 0.2) is 5.82 Å². The first-order valence-corrected chi connectivity index (χ1v) is 6.32. The molecular formula is C12H16N6O2. The first-order valence-electron chi connectivity index (χ1n) is 6.32. The third-order valence-electron chi connectivity index (χ3n) is 3.09. The van der Waals surface area contributed by atoms with Crippen LogP contribution in [0.15, 0.2) is 18.2 Å². The summed E-state index contributed by atoms with van der Waals surface area (Å²) in [7, 11) is 0. The maximum Gasteiger partial charge on any atom is 0.274 e. The number of nitrogens with zero attached hydrogens (tertiary/aromatic N) is 5. The molecular weight excluding hydrogens is 260 g/mol. The first kappa shape index (κ1) is 14.1. The summed E-state index contributed by atoms with van der Waals surface area (Å²) in [5, 5.41) is 25.8. The van der Waals surface area contributed by atoms with Crippen molar-refractivity contribution >= 4 is 5.69 Å². The van der Waals surface area contributed by atoms with Crippen LogP contribution in [0.5, 0.6) is 0 Å². The van der Waals surface area contributed by atoms with Gasteiger partial charge in [-0.1, -0.05) is 13.0 Å². The van der Waals surface area contributed by atoms with Gasteiger partial charge in [-0.3, -0.25) is 10.1 Å². The smallest absolute Gasteiger partial charge is 0.274 e. The van der Waals surface area contributed by atoms with Crippen LogP contribution in [0, 0.1) is 17.0 Å². The average molecular weight is 276 g/mol. The van der Waals surface area contributed by atoms with Gasteiger partial charge in [0.1, 0.15) is 0 Å². The van der Waals surface area contributed by atoms with Crippen LogP contribution in [0.2, 0.25) is 0 Å². The van der Waals surface area contributed by atoms with Crippen molar-refractivity contribution < 1.29 is 4.92 Å². The second-order valence-corrected chi connectivity index (χ2v) is 4.41. The molecule has 0 aliphatic carbocycles. The standard InChI is InChI=1S/C12H16N6O2/c1-4-13-9(3)12-14-15-16-17(12)10-6-5-7-11(8(10)2)18(19)20/h5-7,9,13H,4H2,1-3H3. The van der Waals surface area contributed by atoms with Gasteiger partial charge < -0.3 is 5.32 Å². The summed E-state index contributed by atoms with van der Waals surface area (Å²) in [5.74, 6) is 0.621. The highest BCUT2D eigenvalue weighted by Gasteiger charge is 2.20. The van der Waals surface area contributed by atoms with E-state index in [1.165, 1.54) is 10.7 Å². The van der Waals surface area contributed by atoms with E-state index in [4.69, 9.17) is 0 Å². The molecule has 1 atom stereocenters. The van der Waals surface area contributed by atoms with Gasteiger partial charge in [0.2, 0.25) is 0 Å². The maximum absolute atomic E-state index is 11.0. The van der Waals surface area contributed by atoms with E-state index in [9.17, 15) is 10.1 Å². The molecule has 0 aliphatic heterocycles. The minimum absolute atomic E-state index is 0.0475. The third kappa shape index (κ3) is 2.50. The maximum atomic E-state index is 11.0. The Morgan fingerprint density at radius 1 is 1.50 bits per heavy atom. The Balaban J connectivity index is 2.50. The molecule has 0 fully saturated rings. The van der Waals surface area contributed by atoms with E-state index in [-0.39, 0.29) is 11.7 Å². The Morgan fingerprint density at radius 2 is 2.25 bits per heavy atom. The summed E-state index contributed by atoms with van der Waals surface area (Å²) in [6.45, 7) is 6.40. The van der Waals surface area contributed by atoms with Crippen molar-refractivity contribution in [1.29, 1.82) is 0 Å². The minimum Gasteiger partial charge on any atom is -0.308 e. The zero-order chi connectivity index (χ0) is 14.7. The topological polar surface area (TPSA) is 98.8 Å². The number of nitrogens with one attached hydrogen (secondary N) is 1. The van der Waals surface area contributed by atoms with E-state index >= 15 is 0 Å². The Kier molecular flexibility index (Phi) is 4.04. The van der Waals surface area contributed by atoms with E-state index in [0.29, 0.717) is 17.1 Å². The largest absolute Gasteiger partial charge is 0.308 e. The molecule has 20 heavy (non-hydrogen) atoms. The Bertz CT molecular complexity index is 624. The van der Waals surface area contributed by atoms with Gasteiger partial charge in [-0.15, -0.1) is 5.10 Å². The molecule has 106 valence electrons. The molecule has 1 unspecified atom stereocenters. The van der Waals surface area contributed by atoms with E-state index < -0.39 is 4.92 Å². The van der Waals surface area contributed by atoms with E-state index in [0.717, 1.165) is 6.54 Å². The molecule has 0 saturated carbocycles. The lowest BCUT2D eigenvalue weighted by Gasteiger charge is -2.13. The van der Waals surface area contributed by atoms with Gasteiger partial charge in [-0.2, -0.15) is 4.68 Å². The Hall–Kier alpha value is -2.35. The number of benzene rings is 1. The van der Waals surface area contributed by atoms with Gasteiger partial charge in [0, 0.05) is 6.07 Å². The molecule has 0 radical (unpaired) electrons. The second-order valence-electron chi connectivity index (χ2n) is 4.41. The summed E-state index contributed by atoms with van der Waals surface area (Å²) in [6, 6.07) is 4.81. The molecule has 0 saturated heterocycles. The first-order chi connectivity index (χ1) is 9.56. The molecule has 0 spiro atoms. The van der Waals surface area contributed by atoms with E-state index in [1.807, 2.05) is 13.8 Å². The normalized spacial score (nSPS) is 12.3. The van der Waals surface area contributed by atoms with Gasteiger partial charge >= 0.3 is 0 Å². The predicted molar refractivity (Wildman–Crippen MR) is 72.6 cm³/mol. The van der Waals surface area contributed by atoms with Crippen molar-refractivity contribution in [2.45, 2.75) is 26.8 Å². The minimum atomic E-state index is -0.406. The monoisotopic (exact) mass is 276 g/mol. The molecule has 0 aliphatic rings. The van der Waals surface area contributed by atoms with Crippen molar-refractivity contribution in [3.05, 3.63) is 39.7 Å². The lowest BCUT2D eigenvalue weighted by atomic mass is 10.1. The molecule has 1 aromatic carbocycles. The fourth-order valence-corrected chi connectivity index (χ4v) is 2.07. The van der Waals surface area contributed by atoms with Crippen LogP contribution in [-0.4, -0.2) is 31.7 Å². The fraction of sp³-hybridized carbons (Fsp3) is 0.417. The summed E-state index contributed by atoms with van der Waals surface area (Å²) in [5.41, 5.74) is 1.21. The number of nitro benzene ring substituents is 1.